The van der Waals surface area contributed by atoms with Crippen LogP contribution in [0.4, 0.5) is 0 Å². The van der Waals surface area contributed by atoms with Gasteiger partial charge in [-0.05, 0) is 55.9 Å². The van der Waals surface area contributed by atoms with Gasteiger partial charge in [0, 0.05) is 38.1 Å². The van der Waals surface area contributed by atoms with E-state index in [-0.39, 0.29) is 11.7 Å². The molecule has 0 radical (unpaired) electrons. The Balaban J connectivity index is 1.73. The third kappa shape index (κ3) is 2.98. The zero-order valence-electron chi connectivity index (χ0n) is 14.4. The number of piperidine rings is 1. The normalized spacial score (nSPS) is 15.5. The van der Waals surface area contributed by atoms with Gasteiger partial charge in [-0.1, -0.05) is 0 Å². The first-order valence-electron chi connectivity index (χ1n) is 8.38. The molecule has 3 rings (SSSR count). The van der Waals surface area contributed by atoms with Crippen LogP contribution >= 0.6 is 0 Å². The third-order valence-corrected chi connectivity index (χ3v) is 4.96. The number of Topliss-reactive ketones (excluding diaryl/α,β-unsaturated/α-hetero) is 1. The first kappa shape index (κ1) is 16.4. The fourth-order valence-corrected chi connectivity index (χ4v) is 3.63. The number of aromatic amines is 1. The number of aryl methyl sites for hydroxylation is 1. The molecule has 2 aromatic heterocycles. The van der Waals surface area contributed by atoms with Gasteiger partial charge in [0.15, 0.2) is 5.78 Å². The molecule has 5 heteroatoms. The fraction of sp³-hybridized carbons (Fsp3) is 0.421. The van der Waals surface area contributed by atoms with E-state index in [9.17, 15) is 9.59 Å². The average Bonchev–Trinajstić information content (AvgIpc) is 2.90. The molecule has 1 aliphatic rings. The van der Waals surface area contributed by atoms with Gasteiger partial charge in [-0.2, -0.15) is 0 Å². The molecule has 5 nitrogen and oxygen atoms in total. The van der Waals surface area contributed by atoms with Gasteiger partial charge in [-0.25, -0.2) is 0 Å². The van der Waals surface area contributed by atoms with E-state index in [1.165, 1.54) is 12.5 Å². The van der Waals surface area contributed by atoms with Gasteiger partial charge >= 0.3 is 0 Å². The quantitative estimate of drug-likeness (QED) is 0.881. The van der Waals surface area contributed by atoms with Crippen molar-refractivity contribution in [3.8, 4) is 0 Å². The van der Waals surface area contributed by atoms with Crippen LogP contribution in [0.2, 0.25) is 0 Å². The second kappa shape index (κ2) is 6.59. The fourth-order valence-electron chi connectivity index (χ4n) is 3.63. The molecule has 2 aromatic rings. The molecule has 24 heavy (non-hydrogen) atoms. The number of carbonyl (C=O) groups is 2. The van der Waals surface area contributed by atoms with Crippen LogP contribution in [0.3, 0.4) is 0 Å². The van der Waals surface area contributed by atoms with Crippen molar-refractivity contribution in [2.75, 3.05) is 13.1 Å². The van der Waals surface area contributed by atoms with E-state index in [0.29, 0.717) is 17.2 Å². The largest absolute Gasteiger partial charge is 0.355 e. The maximum Gasteiger partial charge on any atom is 0.255 e. The maximum atomic E-state index is 12.9. The predicted molar refractivity (Wildman–Crippen MR) is 92.4 cm³/mol. The number of ketones is 1. The molecule has 1 aliphatic heterocycles. The summed E-state index contributed by atoms with van der Waals surface area (Å²) in [6.07, 6.45) is 5.56. The molecule has 1 fully saturated rings. The number of amides is 1. The maximum absolute atomic E-state index is 12.9. The highest BCUT2D eigenvalue weighted by molar-refractivity contribution is 6.02. The summed E-state index contributed by atoms with van der Waals surface area (Å²) in [6.45, 7) is 6.71. The van der Waals surface area contributed by atoms with Crippen molar-refractivity contribution in [3.05, 3.63) is 52.6 Å². The number of pyridine rings is 1. The standard InChI is InChI=1S/C19H23N3O2/c1-12-17(13(2)21-18(12)14(3)23)19(24)22-10-6-16(7-11-22)15-4-8-20-9-5-15/h4-5,8-9,16,21H,6-7,10-11H2,1-3H3. The number of carbonyl (C=O) groups excluding carboxylic acids is 2. The van der Waals surface area contributed by atoms with Crippen LogP contribution in [-0.2, 0) is 0 Å². The Kier molecular flexibility index (Phi) is 4.51. The number of rotatable bonds is 3. The van der Waals surface area contributed by atoms with Gasteiger partial charge < -0.3 is 9.88 Å². The summed E-state index contributed by atoms with van der Waals surface area (Å²) >= 11 is 0. The van der Waals surface area contributed by atoms with Gasteiger partial charge in [-0.3, -0.25) is 14.6 Å². The van der Waals surface area contributed by atoms with Crippen LogP contribution in [-0.4, -0.2) is 39.6 Å². The summed E-state index contributed by atoms with van der Waals surface area (Å²) in [7, 11) is 0. The lowest BCUT2D eigenvalue weighted by molar-refractivity contribution is 0.0711. The van der Waals surface area contributed by atoms with Crippen molar-refractivity contribution in [2.24, 2.45) is 0 Å². The van der Waals surface area contributed by atoms with Crippen molar-refractivity contribution in [1.82, 2.24) is 14.9 Å². The van der Waals surface area contributed by atoms with Crippen molar-refractivity contribution in [2.45, 2.75) is 39.5 Å². The molecule has 1 saturated heterocycles. The van der Waals surface area contributed by atoms with Gasteiger partial charge in [0.2, 0.25) is 0 Å². The molecule has 0 unspecified atom stereocenters. The van der Waals surface area contributed by atoms with Crippen LogP contribution in [0, 0.1) is 13.8 Å². The SMILES string of the molecule is CC(=O)c1[nH]c(C)c(C(=O)N2CCC(c3ccncc3)CC2)c1C. The summed E-state index contributed by atoms with van der Waals surface area (Å²) in [5, 5.41) is 0. The lowest BCUT2D eigenvalue weighted by atomic mass is 9.90. The second-order valence-corrected chi connectivity index (χ2v) is 6.53. The molecule has 0 aromatic carbocycles. The van der Waals surface area contributed by atoms with Gasteiger partial charge in [-0.15, -0.1) is 0 Å². The highest BCUT2D eigenvalue weighted by atomic mass is 16.2. The van der Waals surface area contributed by atoms with E-state index in [2.05, 4.69) is 22.1 Å². The Labute approximate surface area is 142 Å². The molecule has 0 atom stereocenters. The van der Waals surface area contributed by atoms with Crippen molar-refractivity contribution in [1.29, 1.82) is 0 Å². The summed E-state index contributed by atoms with van der Waals surface area (Å²) in [5.74, 6) is 0.478. The molecular formula is C19H23N3O2. The molecule has 0 aliphatic carbocycles. The zero-order valence-corrected chi connectivity index (χ0v) is 14.4. The second-order valence-electron chi connectivity index (χ2n) is 6.53. The Morgan fingerprint density at radius 2 is 1.79 bits per heavy atom. The molecule has 0 spiro atoms. The Morgan fingerprint density at radius 3 is 2.33 bits per heavy atom. The Hall–Kier alpha value is -2.43. The number of likely N-dealkylation sites (tertiary alicyclic amines) is 1. The first-order chi connectivity index (χ1) is 11.5. The smallest absolute Gasteiger partial charge is 0.255 e. The monoisotopic (exact) mass is 325 g/mol. The number of nitrogens with zero attached hydrogens (tertiary/aromatic N) is 2. The summed E-state index contributed by atoms with van der Waals surface area (Å²) in [6, 6.07) is 4.11. The summed E-state index contributed by atoms with van der Waals surface area (Å²) in [4.78, 5) is 33.6. The van der Waals surface area contributed by atoms with Crippen LogP contribution in [0.15, 0.2) is 24.5 Å². The summed E-state index contributed by atoms with van der Waals surface area (Å²) < 4.78 is 0. The summed E-state index contributed by atoms with van der Waals surface area (Å²) in [5.41, 5.74) is 4.04. The third-order valence-electron chi connectivity index (χ3n) is 4.96. The van der Waals surface area contributed by atoms with E-state index >= 15 is 0 Å². The van der Waals surface area contributed by atoms with Crippen molar-refractivity contribution < 1.29 is 9.59 Å². The van der Waals surface area contributed by atoms with E-state index < -0.39 is 0 Å². The van der Waals surface area contributed by atoms with Crippen LogP contribution in [0.1, 0.15) is 63.4 Å². The topological polar surface area (TPSA) is 66.1 Å². The number of nitrogens with one attached hydrogen (secondary N) is 1. The highest BCUT2D eigenvalue weighted by Crippen LogP contribution is 2.29. The van der Waals surface area contributed by atoms with Crippen LogP contribution in [0.25, 0.3) is 0 Å². The molecule has 3 heterocycles. The van der Waals surface area contributed by atoms with Crippen molar-refractivity contribution >= 4 is 11.7 Å². The molecule has 1 N–H and O–H groups in total. The Bertz CT molecular complexity index is 756. The zero-order chi connectivity index (χ0) is 17.3. The van der Waals surface area contributed by atoms with E-state index in [1.807, 2.05) is 31.1 Å². The highest BCUT2D eigenvalue weighted by Gasteiger charge is 2.28. The van der Waals surface area contributed by atoms with E-state index in [0.717, 1.165) is 37.2 Å². The van der Waals surface area contributed by atoms with Crippen molar-refractivity contribution in [3.63, 3.8) is 0 Å². The molecular weight excluding hydrogens is 302 g/mol. The minimum Gasteiger partial charge on any atom is -0.355 e. The molecule has 0 bridgehead atoms. The number of aromatic nitrogens is 2. The lowest BCUT2D eigenvalue weighted by Gasteiger charge is -2.32. The average molecular weight is 325 g/mol. The van der Waals surface area contributed by atoms with Gasteiger partial charge in [0.25, 0.3) is 5.91 Å². The Morgan fingerprint density at radius 1 is 1.17 bits per heavy atom. The van der Waals surface area contributed by atoms with Gasteiger partial charge in [0.05, 0.1) is 11.3 Å². The number of H-pyrrole nitrogens is 1. The minimum absolute atomic E-state index is 0.0296. The van der Waals surface area contributed by atoms with E-state index in [1.54, 1.807) is 0 Å². The first-order valence-corrected chi connectivity index (χ1v) is 8.38. The molecule has 0 saturated carbocycles. The molecule has 126 valence electrons. The van der Waals surface area contributed by atoms with E-state index in [4.69, 9.17) is 0 Å². The molecule has 1 amide bonds. The predicted octanol–water partition coefficient (Wildman–Crippen LogP) is 3.25. The van der Waals surface area contributed by atoms with Crippen LogP contribution < -0.4 is 0 Å². The lowest BCUT2D eigenvalue weighted by Crippen LogP contribution is -2.38. The minimum atomic E-state index is -0.0361. The number of hydrogen-bond donors (Lipinski definition) is 1. The van der Waals surface area contributed by atoms with Crippen LogP contribution in [0.5, 0.6) is 0 Å². The van der Waals surface area contributed by atoms with Gasteiger partial charge in [0.1, 0.15) is 0 Å². The number of hydrogen-bond acceptors (Lipinski definition) is 3.